The Morgan fingerprint density at radius 1 is 1.03 bits per heavy atom. The molecule has 0 spiro atoms. The van der Waals surface area contributed by atoms with E-state index >= 15 is 0 Å². The highest BCUT2D eigenvalue weighted by Gasteiger charge is 2.19. The number of halogens is 1. The van der Waals surface area contributed by atoms with Gasteiger partial charge in [0, 0.05) is 24.3 Å². The van der Waals surface area contributed by atoms with Crippen LogP contribution in [0.2, 0.25) is 5.02 Å². The van der Waals surface area contributed by atoms with Crippen molar-refractivity contribution in [3.63, 3.8) is 0 Å². The normalized spacial score (nSPS) is 13.2. The number of thiocarbonyl (C=S) groups is 1. The third-order valence-corrected chi connectivity index (χ3v) is 5.46. The van der Waals surface area contributed by atoms with Crippen LogP contribution in [0.1, 0.15) is 31.1 Å². The number of amides is 1. The second-order valence-electron chi connectivity index (χ2n) is 7.27. The first-order valence-electron chi connectivity index (χ1n) is 11.3. The Kier molecular flexibility index (Phi) is 9.62. The zero-order valence-corrected chi connectivity index (χ0v) is 21.2. The van der Waals surface area contributed by atoms with Crippen molar-refractivity contribution < 1.29 is 23.7 Å². The van der Waals surface area contributed by atoms with Gasteiger partial charge in [0.25, 0.3) is 5.91 Å². The number of nitrogens with one attached hydrogen (secondary N) is 2. The number of carbonyl (C=O) groups is 1. The summed E-state index contributed by atoms with van der Waals surface area (Å²) in [5.41, 5.74) is 1.94. The van der Waals surface area contributed by atoms with Crippen molar-refractivity contribution in [2.75, 3.05) is 56.3 Å². The fourth-order valence-electron chi connectivity index (χ4n) is 3.50. The molecule has 3 rings (SSSR count). The molecule has 0 bridgehead atoms. The largest absolute Gasteiger partial charge is 0.490 e. The van der Waals surface area contributed by atoms with Gasteiger partial charge in [-0.05, 0) is 63.3 Å². The molecule has 0 saturated carbocycles. The summed E-state index contributed by atoms with van der Waals surface area (Å²) in [6.45, 7) is 9.78. The summed E-state index contributed by atoms with van der Waals surface area (Å²) in [6, 6.07) is 8.80. The van der Waals surface area contributed by atoms with Crippen LogP contribution in [0.25, 0.3) is 0 Å². The smallest absolute Gasteiger partial charge is 0.257 e. The molecule has 0 aromatic heterocycles. The lowest BCUT2D eigenvalue weighted by molar-refractivity contribution is 0.0976. The molecule has 0 radical (unpaired) electrons. The Balaban J connectivity index is 1.71. The van der Waals surface area contributed by atoms with Crippen molar-refractivity contribution in [2.45, 2.75) is 20.8 Å². The maximum absolute atomic E-state index is 12.9. The summed E-state index contributed by atoms with van der Waals surface area (Å²) in [5, 5.41) is 6.44. The van der Waals surface area contributed by atoms with Gasteiger partial charge < -0.3 is 29.2 Å². The van der Waals surface area contributed by atoms with Gasteiger partial charge >= 0.3 is 0 Å². The molecule has 1 aliphatic rings. The second-order valence-corrected chi connectivity index (χ2v) is 8.09. The lowest BCUT2D eigenvalue weighted by atomic mass is 10.1. The van der Waals surface area contributed by atoms with Gasteiger partial charge in [-0.1, -0.05) is 11.6 Å². The third kappa shape index (κ3) is 6.65. The van der Waals surface area contributed by atoms with Crippen LogP contribution in [-0.2, 0) is 4.74 Å². The molecule has 2 N–H and O–H groups in total. The van der Waals surface area contributed by atoms with E-state index in [1.54, 1.807) is 18.2 Å². The van der Waals surface area contributed by atoms with E-state index in [1.807, 2.05) is 32.9 Å². The molecule has 34 heavy (non-hydrogen) atoms. The van der Waals surface area contributed by atoms with Gasteiger partial charge in [0.05, 0.1) is 43.7 Å². The summed E-state index contributed by atoms with van der Waals surface area (Å²) in [4.78, 5) is 15.1. The van der Waals surface area contributed by atoms with Gasteiger partial charge in [0.1, 0.15) is 0 Å². The minimum atomic E-state index is -0.404. The highest BCUT2D eigenvalue weighted by molar-refractivity contribution is 7.80. The minimum Gasteiger partial charge on any atom is -0.490 e. The van der Waals surface area contributed by atoms with Crippen molar-refractivity contribution in [1.82, 2.24) is 5.32 Å². The lowest BCUT2D eigenvalue weighted by Gasteiger charge is -2.29. The number of morpholine rings is 1. The number of hydrogen-bond acceptors (Lipinski definition) is 7. The number of nitrogens with zero attached hydrogens (tertiary/aromatic N) is 1. The minimum absolute atomic E-state index is 0.144. The molecule has 1 saturated heterocycles. The molecule has 2 aromatic rings. The highest BCUT2D eigenvalue weighted by atomic mass is 35.5. The maximum Gasteiger partial charge on any atom is 0.257 e. The van der Waals surface area contributed by atoms with E-state index in [2.05, 4.69) is 15.5 Å². The number of anilines is 2. The summed E-state index contributed by atoms with van der Waals surface area (Å²) in [6.07, 6.45) is 0. The molecule has 8 nitrogen and oxygen atoms in total. The molecule has 1 heterocycles. The van der Waals surface area contributed by atoms with Crippen molar-refractivity contribution in [1.29, 1.82) is 0 Å². The van der Waals surface area contributed by atoms with Gasteiger partial charge in [-0.2, -0.15) is 0 Å². The second kappa shape index (κ2) is 12.6. The zero-order chi connectivity index (χ0) is 24.5. The molecule has 1 fully saturated rings. The molecule has 0 aliphatic carbocycles. The number of carbonyl (C=O) groups excluding carboxylic acids is 1. The van der Waals surface area contributed by atoms with Crippen LogP contribution in [0.3, 0.4) is 0 Å². The standard InChI is InChI=1S/C24H30ClN3O5S/c1-4-31-20-13-16(14-21(32-5-2)22(20)33-6-3)23(29)27-24(34)26-17-7-8-19(18(25)15-17)28-9-11-30-12-10-28/h7-8,13-15H,4-6,9-12H2,1-3H3,(H2,26,27,29,34). The first-order valence-corrected chi connectivity index (χ1v) is 12.1. The number of benzene rings is 2. The Labute approximate surface area is 210 Å². The molecule has 1 aliphatic heterocycles. The molecule has 184 valence electrons. The first kappa shape index (κ1) is 25.9. The number of hydrogen-bond donors (Lipinski definition) is 2. The Morgan fingerprint density at radius 2 is 1.65 bits per heavy atom. The summed E-state index contributed by atoms with van der Waals surface area (Å²) >= 11 is 11.8. The van der Waals surface area contributed by atoms with Crippen molar-refractivity contribution in [3.8, 4) is 17.2 Å². The van der Waals surface area contributed by atoms with E-state index in [9.17, 15) is 4.79 Å². The first-order chi connectivity index (χ1) is 16.5. The molecular formula is C24H30ClN3O5S. The highest BCUT2D eigenvalue weighted by Crippen LogP contribution is 2.39. The molecule has 2 aromatic carbocycles. The van der Waals surface area contributed by atoms with Crippen LogP contribution in [0.4, 0.5) is 11.4 Å². The van der Waals surface area contributed by atoms with Gasteiger partial charge in [-0.25, -0.2) is 0 Å². The average molecular weight is 508 g/mol. The Hall–Kier alpha value is -2.75. The predicted molar refractivity (Wildman–Crippen MR) is 138 cm³/mol. The van der Waals surface area contributed by atoms with Gasteiger partial charge in [0.2, 0.25) is 5.75 Å². The molecule has 10 heteroatoms. The number of rotatable bonds is 9. The average Bonchev–Trinajstić information content (AvgIpc) is 2.82. The Bertz CT molecular complexity index is 987. The molecular weight excluding hydrogens is 478 g/mol. The SMILES string of the molecule is CCOc1cc(C(=O)NC(=S)Nc2ccc(N3CCOCC3)c(Cl)c2)cc(OCC)c1OCC. The Morgan fingerprint density at radius 3 is 2.21 bits per heavy atom. The van der Waals surface area contributed by atoms with Gasteiger partial charge in [0.15, 0.2) is 16.6 Å². The monoisotopic (exact) mass is 507 g/mol. The van der Waals surface area contributed by atoms with Crippen LogP contribution in [0.15, 0.2) is 30.3 Å². The van der Waals surface area contributed by atoms with E-state index in [4.69, 9.17) is 42.8 Å². The quantitative estimate of drug-likeness (QED) is 0.480. The van der Waals surface area contributed by atoms with Crippen molar-refractivity contribution in [3.05, 3.63) is 40.9 Å². The van der Waals surface area contributed by atoms with Gasteiger partial charge in [-0.15, -0.1) is 0 Å². The van der Waals surface area contributed by atoms with Crippen LogP contribution in [-0.4, -0.2) is 57.1 Å². The van der Waals surface area contributed by atoms with Gasteiger partial charge in [-0.3, -0.25) is 10.1 Å². The molecule has 1 amide bonds. The fourth-order valence-corrected chi connectivity index (χ4v) is 4.01. The van der Waals surface area contributed by atoms with Crippen LogP contribution >= 0.6 is 23.8 Å². The van der Waals surface area contributed by atoms with E-state index in [0.717, 1.165) is 18.8 Å². The fraction of sp³-hybridized carbons (Fsp3) is 0.417. The summed E-state index contributed by atoms with van der Waals surface area (Å²) < 4.78 is 22.4. The van der Waals surface area contributed by atoms with E-state index in [0.29, 0.717) is 66.6 Å². The van der Waals surface area contributed by atoms with Crippen molar-refractivity contribution >= 4 is 46.2 Å². The van der Waals surface area contributed by atoms with Crippen LogP contribution in [0, 0.1) is 0 Å². The number of ether oxygens (including phenoxy) is 4. The zero-order valence-electron chi connectivity index (χ0n) is 19.6. The molecule has 0 unspecified atom stereocenters. The lowest BCUT2D eigenvalue weighted by Crippen LogP contribution is -2.36. The van der Waals surface area contributed by atoms with Crippen LogP contribution < -0.4 is 29.7 Å². The summed E-state index contributed by atoms with van der Waals surface area (Å²) in [5.74, 6) is 0.937. The predicted octanol–water partition coefficient (Wildman–Crippen LogP) is 4.50. The topological polar surface area (TPSA) is 81.3 Å². The van der Waals surface area contributed by atoms with Crippen molar-refractivity contribution in [2.24, 2.45) is 0 Å². The van der Waals surface area contributed by atoms with Crippen LogP contribution in [0.5, 0.6) is 17.2 Å². The van der Waals surface area contributed by atoms with E-state index < -0.39 is 5.91 Å². The van der Waals surface area contributed by atoms with E-state index in [1.165, 1.54) is 0 Å². The maximum atomic E-state index is 12.9. The summed E-state index contributed by atoms with van der Waals surface area (Å²) in [7, 11) is 0. The molecule has 0 atom stereocenters. The van der Waals surface area contributed by atoms with E-state index in [-0.39, 0.29) is 5.11 Å². The third-order valence-electron chi connectivity index (χ3n) is 4.96.